The summed E-state index contributed by atoms with van der Waals surface area (Å²) in [5.41, 5.74) is 0.732. The normalized spacial score (nSPS) is 10.6. The molecule has 2 nitrogen and oxygen atoms in total. The molecule has 0 aliphatic heterocycles. The first-order valence-electron chi connectivity index (χ1n) is 5.39. The maximum Gasteiger partial charge on any atom is 0.246 e. The van der Waals surface area contributed by atoms with E-state index in [1.165, 1.54) is 0 Å². The van der Waals surface area contributed by atoms with Crippen LogP contribution in [0.3, 0.4) is 0 Å². The van der Waals surface area contributed by atoms with Crippen LogP contribution in [0.2, 0.25) is 0 Å². The Morgan fingerprint density at radius 2 is 1.76 bits per heavy atom. The molecule has 1 rings (SSSR count). The average molecular weight is 250 g/mol. The summed E-state index contributed by atoms with van der Waals surface area (Å²) in [6, 6.07) is 9.23. The van der Waals surface area contributed by atoms with Crippen molar-refractivity contribution in [1.82, 2.24) is 0 Å². The smallest absolute Gasteiger partial charge is 0.246 e. The van der Waals surface area contributed by atoms with Gasteiger partial charge in [0.1, 0.15) is 4.87 Å². The summed E-state index contributed by atoms with van der Waals surface area (Å²) in [7, 11) is 0. The Labute approximate surface area is 107 Å². The summed E-state index contributed by atoms with van der Waals surface area (Å²) in [5, 5.41) is 2.79. The van der Waals surface area contributed by atoms with Gasteiger partial charge in [-0.2, -0.15) is 0 Å². The number of carbonyl (C=O) groups excluding carboxylic acids is 1. The summed E-state index contributed by atoms with van der Waals surface area (Å²) in [4.78, 5) is 11.1. The highest BCUT2D eigenvalue weighted by Gasteiger charge is 2.33. The maximum absolute atomic E-state index is 12.1. The lowest BCUT2D eigenvalue weighted by Crippen LogP contribution is -2.37. The molecule has 0 bridgehead atoms. The number of allylic oxidation sites excluding steroid dienone is 2. The first-order chi connectivity index (χ1) is 8.12. The summed E-state index contributed by atoms with van der Waals surface area (Å²) in [5.74, 6) is -0.231. The van der Waals surface area contributed by atoms with Gasteiger partial charge in [-0.1, -0.05) is 30.4 Å². The molecule has 17 heavy (non-hydrogen) atoms. The third-order valence-corrected chi connectivity index (χ3v) is 2.85. The Balaban J connectivity index is 2.79. The highest BCUT2D eigenvalue weighted by Crippen LogP contribution is 2.27. The Morgan fingerprint density at radius 1 is 1.24 bits per heavy atom. The van der Waals surface area contributed by atoms with Crippen LogP contribution < -0.4 is 5.32 Å². The number of halogens is 1. The van der Waals surface area contributed by atoms with Crippen LogP contribution in [0, 0.1) is 0 Å². The van der Waals surface area contributed by atoms with Crippen molar-refractivity contribution in [2.45, 2.75) is 17.7 Å². The molecule has 0 saturated heterocycles. The highest BCUT2D eigenvalue weighted by atomic mass is 35.5. The number of nitrogens with one attached hydrogen (secondary N) is 1. The van der Waals surface area contributed by atoms with Crippen molar-refractivity contribution < 1.29 is 4.79 Å². The zero-order valence-electron chi connectivity index (χ0n) is 9.66. The minimum absolute atomic E-state index is 0.231. The first-order valence-corrected chi connectivity index (χ1v) is 5.77. The molecule has 0 saturated carbocycles. The van der Waals surface area contributed by atoms with Gasteiger partial charge in [-0.3, -0.25) is 4.79 Å². The van der Waals surface area contributed by atoms with Gasteiger partial charge in [0.25, 0.3) is 0 Å². The Morgan fingerprint density at radius 3 is 2.24 bits per heavy atom. The largest absolute Gasteiger partial charge is 0.325 e. The van der Waals surface area contributed by atoms with Crippen LogP contribution in [0.5, 0.6) is 0 Å². The van der Waals surface area contributed by atoms with Crippen LogP contribution in [-0.2, 0) is 4.79 Å². The van der Waals surface area contributed by atoms with E-state index in [-0.39, 0.29) is 5.91 Å². The van der Waals surface area contributed by atoms with Gasteiger partial charge in [-0.05, 0) is 25.0 Å². The number of para-hydroxylation sites is 1. The molecule has 0 aliphatic rings. The standard InChI is InChI=1S/C14H16ClNO/c1-3-10-14(15,11-4-2)13(17)16-12-8-6-5-7-9-12/h3-9H,1-2,10-11H2,(H,16,17). The molecule has 0 fully saturated rings. The van der Waals surface area contributed by atoms with Crippen molar-refractivity contribution in [2.75, 3.05) is 5.32 Å². The Bertz CT molecular complexity index is 390. The van der Waals surface area contributed by atoms with E-state index in [2.05, 4.69) is 18.5 Å². The number of carbonyl (C=O) groups is 1. The monoisotopic (exact) mass is 249 g/mol. The predicted molar refractivity (Wildman–Crippen MR) is 73.3 cm³/mol. The number of amides is 1. The Kier molecular flexibility index (Phi) is 4.98. The minimum atomic E-state index is -1.00. The van der Waals surface area contributed by atoms with Crippen LogP contribution in [-0.4, -0.2) is 10.8 Å². The minimum Gasteiger partial charge on any atom is -0.325 e. The molecule has 0 radical (unpaired) electrons. The lowest BCUT2D eigenvalue weighted by Gasteiger charge is -2.23. The number of rotatable bonds is 6. The molecule has 1 N–H and O–H groups in total. The molecule has 3 heteroatoms. The Hall–Kier alpha value is -1.54. The van der Waals surface area contributed by atoms with Crippen LogP contribution >= 0.6 is 11.6 Å². The van der Waals surface area contributed by atoms with Crippen LogP contribution in [0.4, 0.5) is 5.69 Å². The second kappa shape index (κ2) is 6.26. The molecule has 0 aliphatic carbocycles. The SMILES string of the molecule is C=CCC(Cl)(CC=C)C(=O)Nc1ccccc1. The quantitative estimate of drug-likeness (QED) is 0.604. The molecule has 0 atom stereocenters. The molecule has 0 unspecified atom stereocenters. The van der Waals surface area contributed by atoms with Crippen molar-refractivity contribution in [3.8, 4) is 0 Å². The summed E-state index contributed by atoms with van der Waals surface area (Å²) >= 11 is 6.29. The molecule has 0 aromatic heterocycles. The molecule has 0 heterocycles. The van der Waals surface area contributed by atoms with Gasteiger partial charge < -0.3 is 5.32 Å². The number of hydrogen-bond donors (Lipinski definition) is 1. The predicted octanol–water partition coefficient (Wildman–Crippen LogP) is 3.75. The lowest BCUT2D eigenvalue weighted by atomic mass is 9.99. The van der Waals surface area contributed by atoms with Gasteiger partial charge >= 0.3 is 0 Å². The number of alkyl halides is 1. The van der Waals surface area contributed by atoms with Crippen LogP contribution in [0.25, 0.3) is 0 Å². The zero-order chi connectivity index (χ0) is 12.7. The molecule has 90 valence electrons. The van der Waals surface area contributed by atoms with Gasteiger partial charge in [-0.25, -0.2) is 0 Å². The molecule has 1 aromatic rings. The molecule has 0 spiro atoms. The number of benzene rings is 1. The van der Waals surface area contributed by atoms with E-state index in [1.807, 2.05) is 30.3 Å². The lowest BCUT2D eigenvalue weighted by molar-refractivity contribution is -0.118. The second-order valence-corrected chi connectivity index (χ2v) is 4.49. The van der Waals surface area contributed by atoms with Crippen LogP contribution in [0.15, 0.2) is 55.6 Å². The zero-order valence-corrected chi connectivity index (χ0v) is 10.4. The summed E-state index contributed by atoms with van der Waals surface area (Å²) < 4.78 is 0. The van der Waals surface area contributed by atoms with Gasteiger partial charge in [0, 0.05) is 5.69 Å². The molecular weight excluding hydrogens is 234 g/mol. The maximum atomic E-state index is 12.1. The number of anilines is 1. The van der Waals surface area contributed by atoms with Crippen molar-refractivity contribution in [1.29, 1.82) is 0 Å². The van der Waals surface area contributed by atoms with E-state index >= 15 is 0 Å². The van der Waals surface area contributed by atoms with Crippen molar-refractivity contribution in [3.63, 3.8) is 0 Å². The highest BCUT2D eigenvalue weighted by molar-refractivity contribution is 6.36. The fraction of sp³-hybridized carbons (Fsp3) is 0.214. The van der Waals surface area contributed by atoms with E-state index < -0.39 is 4.87 Å². The van der Waals surface area contributed by atoms with E-state index in [0.717, 1.165) is 5.69 Å². The topological polar surface area (TPSA) is 29.1 Å². The van der Waals surface area contributed by atoms with Crippen molar-refractivity contribution in [2.24, 2.45) is 0 Å². The van der Waals surface area contributed by atoms with E-state index in [0.29, 0.717) is 12.8 Å². The van der Waals surface area contributed by atoms with Gasteiger partial charge in [0.2, 0.25) is 5.91 Å². The molecule has 1 amide bonds. The van der Waals surface area contributed by atoms with Crippen molar-refractivity contribution in [3.05, 3.63) is 55.6 Å². The fourth-order valence-corrected chi connectivity index (χ4v) is 1.76. The average Bonchev–Trinajstić information content (AvgIpc) is 2.31. The van der Waals surface area contributed by atoms with E-state index in [1.54, 1.807) is 12.2 Å². The third kappa shape index (κ3) is 3.75. The number of hydrogen-bond acceptors (Lipinski definition) is 1. The first kappa shape index (κ1) is 13.5. The van der Waals surface area contributed by atoms with Gasteiger partial charge in [-0.15, -0.1) is 24.8 Å². The third-order valence-electron chi connectivity index (χ3n) is 2.37. The van der Waals surface area contributed by atoms with Gasteiger partial charge in [0.15, 0.2) is 0 Å². The van der Waals surface area contributed by atoms with Gasteiger partial charge in [0.05, 0.1) is 0 Å². The fourth-order valence-electron chi connectivity index (χ4n) is 1.49. The second-order valence-electron chi connectivity index (χ2n) is 3.77. The molecule has 1 aromatic carbocycles. The summed E-state index contributed by atoms with van der Waals surface area (Å²) in [6.45, 7) is 7.24. The van der Waals surface area contributed by atoms with Crippen LogP contribution in [0.1, 0.15) is 12.8 Å². The van der Waals surface area contributed by atoms with E-state index in [9.17, 15) is 4.79 Å². The van der Waals surface area contributed by atoms with Crippen molar-refractivity contribution >= 4 is 23.2 Å². The summed E-state index contributed by atoms with van der Waals surface area (Å²) in [6.07, 6.45) is 4.08. The molecular formula is C14H16ClNO. The van der Waals surface area contributed by atoms with E-state index in [4.69, 9.17) is 11.6 Å².